The van der Waals surface area contributed by atoms with E-state index < -0.39 is 0 Å². The maximum absolute atomic E-state index is 10.4. The Balaban J connectivity index is 1.45. The van der Waals surface area contributed by atoms with E-state index in [4.69, 9.17) is 4.42 Å². The summed E-state index contributed by atoms with van der Waals surface area (Å²) in [6.07, 6.45) is 3.12. The highest BCUT2D eigenvalue weighted by Gasteiger charge is 2.24. The number of aromatic nitrogens is 1. The molecule has 0 radical (unpaired) electrons. The molecule has 0 saturated carbocycles. The lowest BCUT2D eigenvalue weighted by Gasteiger charge is -2.19. The minimum Gasteiger partial charge on any atom is -0.454 e. The molecule has 0 spiro atoms. The summed E-state index contributed by atoms with van der Waals surface area (Å²) >= 11 is 0. The number of hydrogen-bond acceptors (Lipinski definition) is 2. The molecule has 0 atom stereocenters. The Bertz CT molecular complexity index is 2060. The molecule has 0 N–H and O–H groups in total. The van der Waals surface area contributed by atoms with Crippen molar-refractivity contribution in [2.24, 2.45) is 12.5 Å². The second-order valence-electron chi connectivity index (χ2n) is 14.4. The summed E-state index contributed by atoms with van der Waals surface area (Å²) < 4.78 is 8.86. The van der Waals surface area contributed by atoms with Crippen LogP contribution in [0.15, 0.2) is 95.5 Å². The van der Waals surface area contributed by atoms with Gasteiger partial charge < -0.3 is 4.42 Å². The van der Waals surface area contributed by atoms with Gasteiger partial charge in [0.2, 0.25) is 5.69 Å². The minimum atomic E-state index is 0.124. The molecule has 0 aliphatic heterocycles. The van der Waals surface area contributed by atoms with Crippen LogP contribution in [-0.4, -0.2) is 0 Å². The van der Waals surface area contributed by atoms with Gasteiger partial charge in [-0.25, -0.2) is 4.57 Å². The molecule has 4 aromatic carbocycles. The molecule has 6 aromatic rings. The zero-order valence-electron chi connectivity index (χ0n) is 27.2. The molecule has 0 bridgehead atoms. The number of rotatable bonds is 4. The van der Waals surface area contributed by atoms with Gasteiger partial charge in [-0.2, -0.15) is 5.26 Å². The minimum absolute atomic E-state index is 0.124. The van der Waals surface area contributed by atoms with E-state index in [0.29, 0.717) is 11.1 Å². The van der Waals surface area contributed by atoms with Crippen molar-refractivity contribution in [3.63, 3.8) is 0 Å². The lowest BCUT2D eigenvalue weighted by Crippen LogP contribution is -2.31. The average molecular weight is 578 g/mol. The molecule has 0 amide bonds. The van der Waals surface area contributed by atoms with E-state index >= 15 is 0 Å². The highest BCUT2D eigenvalue weighted by Crippen LogP contribution is 2.41. The van der Waals surface area contributed by atoms with Crippen LogP contribution in [0.3, 0.4) is 0 Å². The number of pyridine rings is 1. The fraction of sp³-hybridized carbons (Fsp3) is 0.268. The first kappa shape index (κ1) is 29.4. The largest absolute Gasteiger partial charge is 0.454 e. The Morgan fingerprint density at radius 3 is 1.93 bits per heavy atom. The van der Waals surface area contributed by atoms with E-state index in [9.17, 15) is 5.26 Å². The van der Waals surface area contributed by atoms with Gasteiger partial charge in [-0.1, -0.05) is 108 Å². The Morgan fingerprint density at radius 1 is 0.727 bits per heavy atom. The number of nitriles is 1. The van der Waals surface area contributed by atoms with Crippen LogP contribution in [0.2, 0.25) is 0 Å². The average Bonchev–Trinajstić information content (AvgIpc) is 3.35. The van der Waals surface area contributed by atoms with E-state index in [-0.39, 0.29) is 10.8 Å². The third-order valence-corrected chi connectivity index (χ3v) is 8.61. The van der Waals surface area contributed by atoms with Crippen molar-refractivity contribution in [3.05, 3.63) is 113 Å². The van der Waals surface area contributed by atoms with Crippen molar-refractivity contribution in [1.82, 2.24) is 0 Å². The first-order valence-electron chi connectivity index (χ1n) is 15.4. The van der Waals surface area contributed by atoms with Crippen LogP contribution in [-0.2, 0) is 18.9 Å². The highest BCUT2D eigenvalue weighted by molar-refractivity contribution is 6.12. The number of benzene rings is 4. The molecule has 0 saturated heterocycles. The quantitative estimate of drug-likeness (QED) is 0.196. The number of aryl methyl sites for hydroxylation is 2. The molecule has 3 nitrogen and oxygen atoms in total. The number of hydrogen-bond donors (Lipinski definition) is 0. The fourth-order valence-corrected chi connectivity index (χ4v) is 6.26. The summed E-state index contributed by atoms with van der Waals surface area (Å²) in [4.78, 5) is 0. The summed E-state index contributed by atoms with van der Waals surface area (Å²) in [5, 5.41) is 12.4. The third-order valence-electron chi connectivity index (χ3n) is 8.61. The maximum atomic E-state index is 10.4. The Hall–Kier alpha value is -4.68. The number of nitrogens with zero attached hydrogens (tertiary/aromatic N) is 2. The lowest BCUT2D eigenvalue weighted by molar-refractivity contribution is -0.660. The molecule has 44 heavy (non-hydrogen) atoms. The molecular formula is C41H41N2O+. The Morgan fingerprint density at radius 2 is 1.32 bits per heavy atom. The molecule has 6 rings (SSSR count). The fourth-order valence-electron chi connectivity index (χ4n) is 6.26. The third kappa shape index (κ3) is 5.42. The summed E-state index contributed by atoms with van der Waals surface area (Å²) in [6.45, 7) is 15.6. The number of furan rings is 1. The standard InChI is InChI=1S/C41H41N2O/c1-26-9-18-34-33-20-19-32(30-12-10-28(11-13-30)29-14-16-31(17-15-29)41(5,6)7)35(25-42)38(33)44-39(34)37(26)36-23-27(21-22-43(36)8)24-40(2,3)4/h9-23H,24H2,1-8H3/q+1. The summed E-state index contributed by atoms with van der Waals surface area (Å²) in [6, 6.07) is 32.7. The lowest BCUT2D eigenvalue weighted by atomic mass is 9.86. The van der Waals surface area contributed by atoms with E-state index in [0.717, 1.165) is 56.3 Å². The zero-order chi connectivity index (χ0) is 31.4. The second kappa shape index (κ2) is 10.8. The van der Waals surface area contributed by atoms with Crippen LogP contribution in [0.1, 0.15) is 63.8 Å². The van der Waals surface area contributed by atoms with Crippen LogP contribution >= 0.6 is 0 Å². The van der Waals surface area contributed by atoms with Crippen molar-refractivity contribution < 1.29 is 8.98 Å². The summed E-state index contributed by atoms with van der Waals surface area (Å²) in [5.74, 6) is 0. The second-order valence-corrected chi connectivity index (χ2v) is 14.4. The summed E-state index contributed by atoms with van der Waals surface area (Å²) in [7, 11) is 2.08. The molecule has 0 unspecified atom stereocenters. The van der Waals surface area contributed by atoms with Gasteiger partial charge in [-0.3, -0.25) is 0 Å². The van der Waals surface area contributed by atoms with Crippen LogP contribution in [0.4, 0.5) is 0 Å². The van der Waals surface area contributed by atoms with Crippen LogP contribution < -0.4 is 4.57 Å². The Kier molecular flexibility index (Phi) is 7.21. The Labute approximate surface area is 261 Å². The van der Waals surface area contributed by atoms with Gasteiger partial charge in [-0.05, 0) is 63.6 Å². The molecule has 2 aromatic heterocycles. The number of fused-ring (bicyclic) bond motifs is 3. The van der Waals surface area contributed by atoms with Gasteiger partial charge in [0.05, 0.1) is 5.56 Å². The first-order valence-corrected chi connectivity index (χ1v) is 15.4. The molecular weight excluding hydrogens is 536 g/mol. The first-order chi connectivity index (χ1) is 20.8. The van der Waals surface area contributed by atoms with E-state index in [1.807, 2.05) is 0 Å². The van der Waals surface area contributed by atoms with Gasteiger partial charge in [0.25, 0.3) is 0 Å². The van der Waals surface area contributed by atoms with Gasteiger partial charge >= 0.3 is 0 Å². The smallest absolute Gasteiger partial charge is 0.216 e. The van der Waals surface area contributed by atoms with Gasteiger partial charge in [0.15, 0.2) is 11.8 Å². The van der Waals surface area contributed by atoms with Crippen molar-refractivity contribution in [1.29, 1.82) is 5.26 Å². The van der Waals surface area contributed by atoms with E-state index in [1.54, 1.807) is 0 Å². The predicted molar refractivity (Wildman–Crippen MR) is 183 cm³/mol. The molecule has 220 valence electrons. The maximum Gasteiger partial charge on any atom is 0.216 e. The predicted octanol–water partition coefficient (Wildman–Crippen LogP) is 10.5. The van der Waals surface area contributed by atoms with E-state index in [2.05, 4.69) is 157 Å². The van der Waals surface area contributed by atoms with Crippen molar-refractivity contribution >= 4 is 21.9 Å². The molecule has 3 heteroatoms. The van der Waals surface area contributed by atoms with Crippen molar-refractivity contribution in [2.45, 2.75) is 60.3 Å². The van der Waals surface area contributed by atoms with Crippen LogP contribution in [0.25, 0.3) is 55.4 Å². The normalized spacial score (nSPS) is 12.2. The van der Waals surface area contributed by atoms with Crippen molar-refractivity contribution in [3.8, 4) is 39.6 Å². The monoisotopic (exact) mass is 577 g/mol. The van der Waals surface area contributed by atoms with Crippen LogP contribution in [0.5, 0.6) is 0 Å². The SMILES string of the molecule is Cc1ccc2c(oc3c(C#N)c(-c4ccc(-c5ccc(C(C)(C)C)cc5)cc4)ccc32)c1-c1cc(CC(C)(C)C)cc[n+]1C. The summed E-state index contributed by atoms with van der Waals surface area (Å²) in [5.41, 5.74) is 12.5. The molecule has 0 aliphatic rings. The molecule has 0 fully saturated rings. The van der Waals surface area contributed by atoms with Crippen molar-refractivity contribution in [2.75, 3.05) is 0 Å². The van der Waals surface area contributed by atoms with Gasteiger partial charge in [0, 0.05) is 28.5 Å². The van der Waals surface area contributed by atoms with Crippen LogP contribution in [0, 0.1) is 23.7 Å². The highest BCUT2D eigenvalue weighted by atomic mass is 16.3. The van der Waals surface area contributed by atoms with Gasteiger partial charge in [-0.15, -0.1) is 0 Å². The van der Waals surface area contributed by atoms with Gasteiger partial charge in [0.1, 0.15) is 24.3 Å². The van der Waals surface area contributed by atoms with E-state index in [1.165, 1.54) is 16.7 Å². The topological polar surface area (TPSA) is 40.8 Å². The molecule has 0 aliphatic carbocycles. The molecule has 2 heterocycles. The zero-order valence-corrected chi connectivity index (χ0v) is 27.2.